The van der Waals surface area contributed by atoms with Crippen molar-refractivity contribution in [2.75, 3.05) is 20.6 Å². The van der Waals surface area contributed by atoms with E-state index in [1.807, 2.05) is 21.0 Å². The molecule has 0 radical (unpaired) electrons. The molecule has 0 saturated carbocycles. The maximum Gasteiger partial charge on any atom is 0.335 e. The largest absolute Gasteiger partial charge is 0.478 e. The average molecular weight is 293 g/mol. The number of hydrogen-bond acceptors (Lipinski definition) is 3. The average Bonchev–Trinajstić information content (AvgIpc) is 2.43. The van der Waals surface area contributed by atoms with Crippen molar-refractivity contribution in [3.8, 4) is 0 Å². The summed E-state index contributed by atoms with van der Waals surface area (Å²) in [6.07, 6.45) is 0.883. The van der Waals surface area contributed by atoms with Crippen LogP contribution in [-0.2, 0) is 6.54 Å². The van der Waals surface area contributed by atoms with Crippen molar-refractivity contribution in [2.45, 2.75) is 25.9 Å². The number of aromatic carboxylic acids is 1. The zero-order valence-corrected chi connectivity index (χ0v) is 12.7. The van der Waals surface area contributed by atoms with Crippen LogP contribution in [0.4, 0.5) is 4.79 Å². The van der Waals surface area contributed by atoms with E-state index in [9.17, 15) is 9.59 Å². The summed E-state index contributed by atoms with van der Waals surface area (Å²) < 4.78 is 0. The maximum atomic E-state index is 11.7. The van der Waals surface area contributed by atoms with Gasteiger partial charge >= 0.3 is 12.0 Å². The summed E-state index contributed by atoms with van der Waals surface area (Å²) >= 11 is 0. The molecule has 0 fully saturated rings. The van der Waals surface area contributed by atoms with Gasteiger partial charge in [0, 0.05) is 12.6 Å². The van der Waals surface area contributed by atoms with Gasteiger partial charge in [-0.15, -0.1) is 0 Å². The lowest BCUT2D eigenvalue weighted by Crippen LogP contribution is -2.41. The minimum atomic E-state index is -0.957. The first kappa shape index (κ1) is 17.0. The summed E-state index contributed by atoms with van der Waals surface area (Å²) in [4.78, 5) is 24.5. The van der Waals surface area contributed by atoms with Gasteiger partial charge in [0.2, 0.25) is 0 Å². The highest BCUT2D eigenvalue weighted by atomic mass is 16.4. The van der Waals surface area contributed by atoms with Crippen molar-refractivity contribution in [1.82, 2.24) is 15.5 Å². The van der Waals surface area contributed by atoms with Crippen LogP contribution < -0.4 is 10.6 Å². The number of urea groups is 1. The third kappa shape index (κ3) is 6.76. The summed E-state index contributed by atoms with van der Waals surface area (Å²) in [6, 6.07) is 6.32. The summed E-state index contributed by atoms with van der Waals surface area (Å²) in [5.74, 6) is -0.957. The number of benzene rings is 1. The molecule has 0 aliphatic rings. The Labute approximate surface area is 125 Å². The smallest absolute Gasteiger partial charge is 0.335 e. The molecule has 6 nitrogen and oxygen atoms in total. The number of amides is 2. The predicted molar refractivity (Wildman–Crippen MR) is 81.4 cm³/mol. The summed E-state index contributed by atoms with van der Waals surface area (Å²) in [7, 11) is 3.99. The number of nitrogens with zero attached hydrogens (tertiary/aromatic N) is 1. The van der Waals surface area contributed by atoms with E-state index < -0.39 is 5.97 Å². The molecule has 2 amide bonds. The Morgan fingerprint density at radius 3 is 2.38 bits per heavy atom. The number of carbonyl (C=O) groups excluding carboxylic acids is 1. The van der Waals surface area contributed by atoms with Crippen LogP contribution in [0.25, 0.3) is 0 Å². The first-order valence-electron chi connectivity index (χ1n) is 6.90. The van der Waals surface area contributed by atoms with Crippen molar-refractivity contribution in [1.29, 1.82) is 0 Å². The van der Waals surface area contributed by atoms with E-state index in [2.05, 4.69) is 15.5 Å². The molecule has 0 bridgehead atoms. The van der Waals surface area contributed by atoms with E-state index in [-0.39, 0.29) is 17.6 Å². The maximum absolute atomic E-state index is 11.7. The van der Waals surface area contributed by atoms with Crippen molar-refractivity contribution in [3.05, 3.63) is 35.4 Å². The van der Waals surface area contributed by atoms with Crippen LogP contribution >= 0.6 is 0 Å². The number of hydrogen-bond donors (Lipinski definition) is 3. The second-order valence-corrected chi connectivity index (χ2v) is 5.32. The second kappa shape index (κ2) is 8.26. The lowest BCUT2D eigenvalue weighted by molar-refractivity contribution is 0.0697. The van der Waals surface area contributed by atoms with Crippen LogP contribution in [-0.4, -0.2) is 48.7 Å². The van der Waals surface area contributed by atoms with Crippen LogP contribution in [0.3, 0.4) is 0 Å². The van der Waals surface area contributed by atoms with Gasteiger partial charge in [-0.25, -0.2) is 9.59 Å². The van der Waals surface area contributed by atoms with Gasteiger partial charge in [-0.05, 0) is 51.7 Å². The van der Waals surface area contributed by atoms with E-state index in [1.54, 1.807) is 12.1 Å². The molecule has 0 heterocycles. The molecule has 1 aromatic rings. The minimum absolute atomic E-state index is 0.0989. The van der Waals surface area contributed by atoms with Gasteiger partial charge < -0.3 is 20.6 Å². The Morgan fingerprint density at radius 2 is 1.86 bits per heavy atom. The van der Waals surface area contributed by atoms with E-state index in [4.69, 9.17) is 5.11 Å². The fraction of sp³-hybridized carbons (Fsp3) is 0.467. The lowest BCUT2D eigenvalue weighted by atomic mass is 10.1. The molecule has 6 heteroatoms. The first-order valence-corrected chi connectivity index (χ1v) is 6.90. The van der Waals surface area contributed by atoms with E-state index in [1.165, 1.54) is 12.1 Å². The number of carbonyl (C=O) groups is 2. The molecule has 0 aliphatic heterocycles. The van der Waals surface area contributed by atoms with Crippen LogP contribution in [0.2, 0.25) is 0 Å². The molecule has 0 aliphatic carbocycles. The molecule has 3 N–H and O–H groups in total. The van der Waals surface area contributed by atoms with Crippen molar-refractivity contribution < 1.29 is 14.7 Å². The standard InChI is InChI=1S/C15H23N3O3/c1-11(8-9-18(2)3)17-15(21)16-10-12-4-6-13(7-5-12)14(19)20/h4-7,11H,8-10H2,1-3H3,(H,19,20)(H2,16,17,21). The van der Waals surface area contributed by atoms with E-state index in [0.29, 0.717) is 6.54 Å². The normalized spacial score (nSPS) is 12.0. The highest BCUT2D eigenvalue weighted by Gasteiger charge is 2.07. The van der Waals surface area contributed by atoms with Gasteiger partial charge in [0.05, 0.1) is 5.56 Å². The zero-order chi connectivity index (χ0) is 15.8. The van der Waals surface area contributed by atoms with Crippen LogP contribution in [0, 0.1) is 0 Å². The Hall–Kier alpha value is -2.08. The SMILES string of the molecule is CC(CCN(C)C)NC(=O)NCc1ccc(C(=O)O)cc1. The molecule has 1 atom stereocenters. The third-order valence-electron chi connectivity index (χ3n) is 3.04. The molecule has 0 saturated heterocycles. The van der Waals surface area contributed by atoms with Crippen LogP contribution in [0.15, 0.2) is 24.3 Å². The van der Waals surface area contributed by atoms with Gasteiger partial charge in [0.15, 0.2) is 0 Å². The molecule has 0 aromatic heterocycles. The highest BCUT2D eigenvalue weighted by Crippen LogP contribution is 2.04. The number of carboxylic acids is 1. The molecule has 116 valence electrons. The van der Waals surface area contributed by atoms with Gasteiger partial charge in [0.25, 0.3) is 0 Å². The van der Waals surface area contributed by atoms with Crippen LogP contribution in [0.1, 0.15) is 29.3 Å². The Kier molecular flexibility index (Phi) is 6.68. The summed E-state index contributed by atoms with van der Waals surface area (Å²) in [6.45, 7) is 3.25. The number of nitrogens with one attached hydrogen (secondary N) is 2. The van der Waals surface area contributed by atoms with Crippen molar-refractivity contribution >= 4 is 12.0 Å². The van der Waals surface area contributed by atoms with Crippen molar-refractivity contribution in [2.24, 2.45) is 0 Å². The van der Waals surface area contributed by atoms with Gasteiger partial charge in [-0.2, -0.15) is 0 Å². The topological polar surface area (TPSA) is 81.7 Å². The molecule has 1 unspecified atom stereocenters. The fourth-order valence-electron chi connectivity index (χ4n) is 1.75. The molecule has 1 aromatic carbocycles. The van der Waals surface area contributed by atoms with E-state index in [0.717, 1.165) is 18.5 Å². The zero-order valence-electron chi connectivity index (χ0n) is 12.7. The summed E-state index contributed by atoms with van der Waals surface area (Å²) in [5.41, 5.74) is 1.09. The summed E-state index contributed by atoms with van der Waals surface area (Å²) in [5, 5.41) is 14.4. The lowest BCUT2D eigenvalue weighted by Gasteiger charge is -2.17. The molecule has 1 rings (SSSR count). The fourth-order valence-corrected chi connectivity index (χ4v) is 1.75. The van der Waals surface area contributed by atoms with Crippen LogP contribution in [0.5, 0.6) is 0 Å². The molecule has 0 spiro atoms. The van der Waals surface area contributed by atoms with Gasteiger partial charge in [-0.3, -0.25) is 0 Å². The Balaban J connectivity index is 2.34. The first-order chi connectivity index (χ1) is 9.88. The molecule has 21 heavy (non-hydrogen) atoms. The van der Waals surface area contributed by atoms with Gasteiger partial charge in [-0.1, -0.05) is 12.1 Å². The minimum Gasteiger partial charge on any atom is -0.478 e. The number of carboxylic acid groups (broad SMARTS) is 1. The molecular weight excluding hydrogens is 270 g/mol. The third-order valence-corrected chi connectivity index (χ3v) is 3.04. The Morgan fingerprint density at radius 1 is 1.24 bits per heavy atom. The number of rotatable bonds is 7. The van der Waals surface area contributed by atoms with E-state index >= 15 is 0 Å². The van der Waals surface area contributed by atoms with Crippen molar-refractivity contribution in [3.63, 3.8) is 0 Å². The second-order valence-electron chi connectivity index (χ2n) is 5.32. The monoisotopic (exact) mass is 293 g/mol. The Bertz CT molecular complexity index is 472. The highest BCUT2D eigenvalue weighted by molar-refractivity contribution is 5.87. The molecular formula is C15H23N3O3. The predicted octanol–water partition coefficient (Wildman–Crippen LogP) is 1.52. The van der Waals surface area contributed by atoms with Gasteiger partial charge in [0.1, 0.15) is 0 Å². The quantitative estimate of drug-likeness (QED) is 0.712.